The average Bonchev–Trinajstić information content (AvgIpc) is 2.75. The average molecular weight is 391 g/mol. The normalized spacial score (nSPS) is 10.3. The lowest BCUT2D eigenvalue weighted by molar-refractivity contribution is 0.102. The molecule has 6 nitrogen and oxygen atoms in total. The monoisotopic (exact) mass is 391 g/mol. The van der Waals surface area contributed by atoms with E-state index in [9.17, 15) is 4.79 Å². The van der Waals surface area contributed by atoms with Crippen LogP contribution in [0.3, 0.4) is 0 Å². The molecule has 0 saturated heterocycles. The summed E-state index contributed by atoms with van der Waals surface area (Å²) in [7, 11) is 1.66. The number of para-hydroxylation sites is 2. The van der Waals surface area contributed by atoms with Crippen LogP contribution < -0.4 is 20.1 Å². The van der Waals surface area contributed by atoms with E-state index < -0.39 is 0 Å². The fraction of sp³-hybridized carbons (Fsp3) is 0.217. The first-order chi connectivity index (χ1) is 14.2. The second kappa shape index (κ2) is 10.1. The minimum atomic E-state index is -0.235. The number of hydrogen-bond acceptors (Lipinski definition) is 5. The van der Waals surface area contributed by atoms with Crippen LogP contribution in [0.25, 0.3) is 0 Å². The van der Waals surface area contributed by atoms with Crippen LogP contribution in [0.2, 0.25) is 0 Å². The molecule has 0 aliphatic rings. The van der Waals surface area contributed by atoms with E-state index in [2.05, 4.69) is 21.7 Å². The molecule has 0 fully saturated rings. The molecule has 0 aliphatic carbocycles. The number of aromatic nitrogens is 1. The zero-order valence-electron chi connectivity index (χ0n) is 16.6. The number of pyridine rings is 1. The summed E-state index contributed by atoms with van der Waals surface area (Å²) in [6.07, 6.45) is 4.08. The number of rotatable bonds is 9. The van der Waals surface area contributed by atoms with Crippen LogP contribution >= 0.6 is 0 Å². The second-order valence-corrected chi connectivity index (χ2v) is 6.37. The van der Waals surface area contributed by atoms with Crippen LogP contribution in [0.15, 0.2) is 67.0 Å². The summed E-state index contributed by atoms with van der Waals surface area (Å²) in [6.45, 7) is 3.15. The Bertz CT molecular complexity index is 959. The Labute approximate surface area is 170 Å². The number of ether oxygens (including phenoxy) is 2. The van der Waals surface area contributed by atoms with Crippen LogP contribution in [-0.4, -0.2) is 31.2 Å². The summed E-state index contributed by atoms with van der Waals surface area (Å²) in [6, 6.07) is 17.1. The molecule has 6 heteroatoms. The Hall–Kier alpha value is -3.54. The summed E-state index contributed by atoms with van der Waals surface area (Å²) in [5, 5.41) is 6.20. The highest BCUT2D eigenvalue weighted by molar-refractivity contribution is 6.05. The number of anilines is 2. The molecule has 0 aliphatic heterocycles. The van der Waals surface area contributed by atoms with Gasteiger partial charge in [-0.2, -0.15) is 0 Å². The summed E-state index contributed by atoms with van der Waals surface area (Å²) < 4.78 is 10.8. The minimum Gasteiger partial charge on any atom is -0.497 e. The number of carbonyl (C=O) groups is 1. The molecule has 2 aromatic carbocycles. The molecule has 150 valence electrons. The van der Waals surface area contributed by atoms with Crippen LogP contribution in [0.4, 0.5) is 11.4 Å². The van der Waals surface area contributed by atoms with E-state index in [1.54, 1.807) is 25.6 Å². The molecular formula is C23H25N3O3. The molecule has 0 atom stereocenters. The fourth-order valence-electron chi connectivity index (χ4n) is 2.89. The highest BCUT2D eigenvalue weighted by Crippen LogP contribution is 2.24. The highest BCUT2D eigenvalue weighted by atomic mass is 16.5. The zero-order valence-corrected chi connectivity index (χ0v) is 16.6. The van der Waals surface area contributed by atoms with Gasteiger partial charge in [-0.25, -0.2) is 0 Å². The molecule has 0 spiro atoms. The van der Waals surface area contributed by atoms with E-state index in [1.807, 2.05) is 49.4 Å². The van der Waals surface area contributed by atoms with Crippen molar-refractivity contribution >= 4 is 17.3 Å². The third-order valence-electron chi connectivity index (χ3n) is 4.31. The summed E-state index contributed by atoms with van der Waals surface area (Å²) in [5.74, 6) is 1.25. The third-order valence-corrected chi connectivity index (χ3v) is 4.31. The topological polar surface area (TPSA) is 72.5 Å². The molecule has 3 rings (SSSR count). The molecule has 29 heavy (non-hydrogen) atoms. The lowest BCUT2D eigenvalue weighted by atomic mass is 10.1. The standard InChI is InChI=1S/C23H25N3O3/c1-3-29-22-10-5-4-9-21(22)26-23(27)18-14-19(16-24-15-18)25-12-11-17-7-6-8-20(13-17)28-2/h4-10,13-16,25H,3,11-12H2,1-2H3,(H,26,27). The van der Waals surface area contributed by atoms with Crippen LogP contribution in [0, 0.1) is 0 Å². The minimum absolute atomic E-state index is 0.235. The number of benzene rings is 2. The molecule has 0 bridgehead atoms. The van der Waals surface area contributed by atoms with Crippen molar-refractivity contribution in [2.75, 3.05) is 30.9 Å². The van der Waals surface area contributed by atoms with E-state index in [1.165, 1.54) is 5.56 Å². The van der Waals surface area contributed by atoms with Gasteiger partial charge < -0.3 is 20.1 Å². The lowest BCUT2D eigenvalue weighted by Crippen LogP contribution is -2.14. The van der Waals surface area contributed by atoms with Crippen molar-refractivity contribution in [2.24, 2.45) is 0 Å². The van der Waals surface area contributed by atoms with Gasteiger partial charge in [0.15, 0.2) is 0 Å². The molecule has 1 amide bonds. The van der Waals surface area contributed by atoms with E-state index in [4.69, 9.17) is 9.47 Å². The molecule has 1 heterocycles. The Balaban J connectivity index is 1.61. The predicted octanol–water partition coefficient (Wildman–Crippen LogP) is 4.40. The molecule has 3 aromatic rings. The van der Waals surface area contributed by atoms with E-state index in [0.29, 0.717) is 30.2 Å². The number of carbonyl (C=O) groups excluding carboxylic acids is 1. The number of nitrogens with one attached hydrogen (secondary N) is 2. The molecule has 0 unspecified atom stereocenters. The van der Waals surface area contributed by atoms with Gasteiger partial charge in [-0.05, 0) is 49.2 Å². The Kier molecular flexibility index (Phi) is 7.05. The summed E-state index contributed by atoms with van der Waals surface area (Å²) in [5.41, 5.74) is 3.07. The predicted molar refractivity (Wildman–Crippen MR) is 115 cm³/mol. The number of amides is 1. The Morgan fingerprint density at radius 3 is 2.76 bits per heavy atom. The Morgan fingerprint density at radius 2 is 1.93 bits per heavy atom. The first-order valence-electron chi connectivity index (χ1n) is 9.54. The van der Waals surface area contributed by atoms with Gasteiger partial charge >= 0.3 is 0 Å². The van der Waals surface area contributed by atoms with Crippen LogP contribution in [0.5, 0.6) is 11.5 Å². The highest BCUT2D eigenvalue weighted by Gasteiger charge is 2.11. The smallest absolute Gasteiger partial charge is 0.257 e. The van der Waals surface area contributed by atoms with Crippen molar-refractivity contribution < 1.29 is 14.3 Å². The molecule has 0 radical (unpaired) electrons. The molecule has 0 saturated carbocycles. The third kappa shape index (κ3) is 5.72. The van der Waals surface area contributed by atoms with Crippen LogP contribution in [-0.2, 0) is 6.42 Å². The van der Waals surface area contributed by atoms with Crippen LogP contribution in [0.1, 0.15) is 22.8 Å². The molecule has 1 aromatic heterocycles. The van der Waals surface area contributed by atoms with Gasteiger partial charge in [0.1, 0.15) is 11.5 Å². The first kappa shape index (κ1) is 20.2. The van der Waals surface area contributed by atoms with Gasteiger partial charge in [0, 0.05) is 18.9 Å². The SMILES string of the molecule is CCOc1ccccc1NC(=O)c1cncc(NCCc2cccc(OC)c2)c1. The van der Waals surface area contributed by atoms with E-state index in [-0.39, 0.29) is 5.91 Å². The van der Waals surface area contributed by atoms with Gasteiger partial charge in [0.05, 0.1) is 30.7 Å². The van der Waals surface area contributed by atoms with Gasteiger partial charge in [-0.3, -0.25) is 9.78 Å². The zero-order chi connectivity index (χ0) is 20.5. The van der Waals surface area contributed by atoms with Crippen molar-refractivity contribution in [3.8, 4) is 11.5 Å². The van der Waals surface area contributed by atoms with Crippen molar-refractivity contribution in [3.05, 3.63) is 78.1 Å². The number of nitrogens with zero attached hydrogens (tertiary/aromatic N) is 1. The van der Waals surface area contributed by atoms with Gasteiger partial charge in [-0.15, -0.1) is 0 Å². The van der Waals surface area contributed by atoms with E-state index in [0.717, 1.165) is 17.9 Å². The maximum absolute atomic E-state index is 12.6. The maximum atomic E-state index is 12.6. The van der Waals surface area contributed by atoms with Gasteiger partial charge in [0.25, 0.3) is 5.91 Å². The lowest BCUT2D eigenvalue weighted by Gasteiger charge is -2.12. The van der Waals surface area contributed by atoms with Crippen molar-refractivity contribution in [1.29, 1.82) is 0 Å². The van der Waals surface area contributed by atoms with Crippen molar-refractivity contribution in [2.45, 2.75) is 13.3 Å². The van der Waals surface area contributed by atoms with Crippen molar-refractivity contribution in [1.82, 2.24) is 4.98 Å². The molecular weight excluding hydrogens is 366 g/mol. The maximum Gasteiger partial charge on any atom is 0.257 e. The fourth-order valence-corrected chi connectivity index (χ4v) is 2.89. The second-order valence-electron chi connectivity index (χ2n) is 6.37. The summed E-state index contributed by atoms with van der Waals surface area (Å²) in [4.78, 5) is 16.8. The summed E-state index contributed by atoms with van der Waals surface area (Å²) >= 11 is 0. The quantitative estimate of drug-likeness (QED) is 0.566. The largest absolute Gasteiger partial charge is 0.497 e. The first-order valence-corrected chi connectivity index (χ1v) is 9.54. The molecule has 2 N–H and O–H groups in total. The van der Waals surface area contributed by atoms with Gasteiger partial charge in [0.2, 0.25) is 0 Å². The van der Waals surface area contributed by atoms with Crippen molar-refractivity contribution in [3.63, 3.8) is 0 Å². The number of methoxy groups -OCH3 is 1. The number of hydrogen-bond donors (Lipinski definition) is 2. The van der Waals surface area contributed by atoms with Gasteiger partial charge in [-0.1, -0.05) is 24.3 Å². The van der Waals surface area contributed by atoms with E-state index >= 15 is 0 Å². The Morgan fingerprint density at radius 1 is 1.07 bits per heavy atom.